The maximum atomic E-state index is 13.8. The number of nitrogens with zero attached hydrogens (tertiary/aromatic N) is 1. The quantitative estimate of drug-likeness (QED) is 0.303. The fourth-order valence-corrected chi connectivity index (χ4v) is 5.19. The SMILES string of the molecule is CCOc1ccc([C@H]2CC(=O)C3=C(C2)Nc2ccccc2N[C@@H]3c2ccc(C)c([N+](=O)[O-])c2)cc1OC. The minimum absolute atomic E-state index is 0.000126. The highest BCUT2D eigenvalue weighted by Crippen LogP contribution is 2.45. The Bertz CT molecular complexity index is 1410. The second kappa shape index (κ2) is 9.97. The van der Waals surface area contributed by atoms with Gasteiger partial charge < -0.3 is 20.1 Å². The summed E-state index contributed by atoms with van der Waals surface area (Å²) in [5.74, 6) is 1.25. The molecule has 3 aromatic rings. The van der Waals surface area contributed by atoms with Crippen LogP contribution < -0.4 is 20.1 Å². The molecule has 190 valence electrons. The Morgan fingerprint density at radius 2 is 1.76 bits per heavy atom. The molecule has 0 aromatic heterocycles. The molecule has 5 rings (SSSR count). The van der Waals surface area contributed by atoms with Crippen molar-refractivity contribution in [3.05, 3.63) is 98.7 Å². The van der Waals surface area contributed by atoms with Crippen LogP contribution in [0.1, 0.15) is 48.4 Å². The number of methoxy groups -OCH3 is 1. The van der Waals surface area contributed by atoms with Crippen LogP contribution >= 0.6 is 0 Å². The summed E-state index contributed by atoms with van der Waals surface area (Å²) < 4.78 is 11.2. The predicted molar refractivity (Wildman–Crippen MR) is 142 cm³/mol. The summed E-state index contributed by atoms with van der Waals surface area (Å²) in [5.41, 5.74) is 5.41. The molecule has 2 atom stereocenters. The van der Waals surface area contributed by atoms with Crippen LogP contribution in [0.4, 0.5) is 17.1 Å². The van der Waals surface area contributed by atoms with Crippen molar-refractivity contribution in [1.82, 2.24) is 0 Å². The van der Waals surface area contributed by atoms with Crippen molar-refractivity contribution >= 4 is 22.8 Å². The van der Waals surface area contributed by atoms with Gasteiger partial charge in [-0.15, -0.1) is 0 Å². The molecule has 2 N–H and O–H groups in total. The van der Waals surface area contributed by atoms with E-state index in [0.29, 0.717) is 47.6 Å². The van der Waals surface area contributed by atoms with Gasteiger partial charge in [-0.1, -0.05) is 30.3 Å². The predicted octanol–water partition coefficient (Wildman–Crippen LogP) is 6.29. The summed E-state index contributed by atoms with van der Waals surface area (Å²) in [6, 6.07) is 18.2. The highest BCUT2D eigenvalue weighted by atomic mass is 16.6. The van der Waals surface area contributed by atoms with Gasteiger partial charge in [0.1, 0.15) is 0 Å². The van der Waals surface area contributed by atoms with Gasteiger partial charge in [0.05, 0.1) is 36.1 Å². The fourth-order valence-electron chi connectivity index (χ4n) is 5.19. The average Bonchev–Trinajstić information content (AvgIpc) is 3.06. The zero-order chi connectivity index (χ0) is 26.1. The molecule has 8 nitrogen and oxygen atoms in total. The van der Waals surface area contributed by atoms with Crippen LogP contribution in [0.25, 0.3) is 0 Å². The van der Waals surface area contributed by atoms with Gasteiger partial charge in [0.15, 0.2) is 17.3 Å². The first-order chi connectivity index (χ1) is 17.9. The number of allylic oxidation sites excluding steroid dienone is 1. The number of para-hydroxylation sites is 2. The lowest BCUT2D eigenvalue weighted by Crippen LogP contribution is -2.27. The summed E-state index contributed by atoms with van der Waals surface area (Å²) in [4.78, 5) is 25.1. The van der Waals surface area contributed by atoms with Crippen molar-refractivity contribution in [2.24, 2.45) is 0 Å². The molecular weight excluding hydrogens is 470 g/mol. The maximum Gasteiger partial charge on any atom is 0.272 e. The zero-order valence-electron chi connectivity index (χ0n) is 21.0. The van der Waals surface area contributed by atoms with Gasteiger partial charge in [0.25, 0.3) is 5.69 Å². The van der Waals surface area contributed by atoms with Crippen molar-refractivity contribution < 1.29 is 19.2 Å². The van der Waals surface area contributed by atoms with E-state index in [1.54, 1.807) is 26.2 Å². The Morgan fingerprint density at radius 3 is 2.49 bits per heavy atom. The molecule has 1 aliphatic heterocycles. The van der Waals surface area contributed by atoms with Crippen LogP contribution in [0, 0.1) is 17.0 Å². The Kier molecular flexibility index (Phi) is 6.56. The van der Waals surface area contributed by atoms with Gasteiger partial charge in [-0.3, -0.25) is 14.9 Å². The number of rotatable bonds is 6. The van der Waals surface area contributed by atoms with E-state index in [9.17, 15) is 14.9 Å². The minimum Gasteiger partial charge on any atom is -0.493 e. The molecule has 0 saturated carbocycles. The maximum absolute atomic E-state index is 13.8. The number of carbonyl (C=O) groups excluding carboxylic acids is 1. The van der Waals surface area contributed by atoms with Crippen LogP contribution in [-0.4, -0.2) is 24.4 Å². The molecule has 3 aromatic carbocycles. The fraction of sp³-hybridized carbons (Fsp3) is 0.276. The highest BCUT2D eigenvalue weighted by molar-refractivity contribution is 6.01. The van der Waals surface area contributed by atoms with E-state index in [1.165, 1.54) is 0 Å². The normalized spacial score (nSPS) is 18.6. The van der Waals surface area contributed by atoms with Crippen molar-refractivity contribution in [3.8, 4) is 11.5 Å². The number of nitrogens with one attached hydrogen (secondary N) is 2. The van der Waals surface area contributed by atoms with Gasteiger partial charge in [0.2, 0.25) is 0 Å². The molecule has 0 spiro atoms. The van der Waals surface area contributed by atoms with Crippen molar-refractivity contribution in [1.29, 1.82) is 0 Å². The number of ether oxygens (including phenoxy) is 2. The number of anilines is 2. The highest BCUT2D eigenvalue weighted by Gasteiger charge is 2.36. The molecule has 0 fully saturated rings. The Balaban J connectivity index is 1.58. The van der Waals surface area contributed by atoms with E-state index >= 15 is 0 Å². The first-order valence-corrected chi connectivity index (χ1v) is 12.3. The van der Waals surface area contributed by atoms with E-state index in [1.807, 2.05) is 55.5 Å². The van der Waals surface area contributed by atoms with Crippen LogP contribution in [0.5, 0.6) is 11.5 Å². The summed E-state index contributed by atoms with van der Waals surface area (Å²) >= 11 is 0. The Morgan fingerprint density at radius 1 is 1.00 bits per heavy atom. The molecule has 2 aliphatic rings. The topological polar surface area (TPSA) is 103 Å². The van der Waals surface area contributed by atoms with Crippen molar-refractivity contribution in [3.63, 3.8) is 0 Å². The van der Waals surface area contributed by atoms with E-state index in [2.05, 4.69) is 10.6 Å². The summed E-state index contributed by atoms with van der Waals surface area (Å²) in [6.45, 7) is 4.16. The lowest BCUT2D eigenvalue weighted by atomic mass is 9.78. The molecule has 8 heteroatoms. The van der Waals surface area contributed by atoms with Gasteiger partial charge in [-0.2, -0.15) is 0 Å². The second-order valence-corrected chi connectivity index (χ2v) is 9.31. The number of carbonyl (C=O) groups is 1. The molecule has 0 bridgehead atoms. The van der Waals surface area contributed by atoms with Crippen LogP contribution in [0.2, 0.25) is 0 Å². The number of hydrogen-bond acceptors (Lipinski definition) is 7. The number of nitro benzene ring substituents is 1. The number of hydrogen-bond donors (Lipinski definition) is 2. The number of fused-ring (bicyclic) bond motifs is 1. The molecule has 0 amide bonds. The van der Waals surface area contributed by atoms with Crippen LogP contribution in [-0.2, 0) is 4.79 Å². The first-order valence-electron chi connectivity index (χ1n) is 12.3. The van der Waals surface area contributed by atoms with Gasteiger partial charge in [0, 0.05) is 29.3 Å². The van der Waals surface area contributed by atoms with Crippen LogP contribution in [0.15, 0.2) is 71.9 Å². The van der Waals surface area contributed by atoms with Gasteiger partial charge in [-0.25, -0.2) is 0 Å². The average molecular weight is 500 g/mol. The molecular formula is C29H29N3O5. The third kappa shape index (κ3) is 4.62. The number of aryl methyl sites for hydroxylation is 1. The van der Waals surface area contributed by atoms with Crippen LogP contribution in [0.3, 0.4) is 0 Å². The molecule has 0 saturated heterocycles. The van der Waals surface area contributed by atoms with Crippen molar-refractivity contribution in [2.75, 3.05) is 24.4 Å². The smallest absolute Gasteiger partial charge is 0.272 e. The van der Waals surface area contributed by atoms with Gasteiger partial charge >= 0.3 is 0 Å². The largest absolute Gasteiger partial charge is 0.493 e. The third-order valence-corrected chi connectivity index (χ3v) is 7.03. The lowest BCUT2D eigenvalue weighted by molar-refractivity contribution is -0.385. The number of benzene rings is 3. The zero-order valence-corrected chi connectivity index (χ0v) is 21.0. The van der Waals surface area contributed by atoms with Crippen molar-refractivity contribution in [2.45, 2.75) is 38.6 Å². The summed E-state index contributed by atoms with van der Waals surface area (Å²) in [7, 11) is 1.61. The third-order valence-electron chi connectivity index (χ3n) is 7.03. The molecule has 1 heterocycles. The summed E-state index contributed by atoms with van der Waals surface area (Å²) in [5, 5.41) is 18.7. The monoisotopic (exact) mass is 499 g/mol. The minimum atomic E-state index is -0.520. The Labute approximate surface area is 215 Å². The standard InChI is InChI=1S/C29H29N3O5/c1-4-37-26-12-11-18(16-27(26)36-3)20-13-23-28(25(33)15-20)29(31-22-8-6-5-7-21(22)30-23)19-10-9-17(2)24(14-19)32(34)35/h5-12,14,16,20,29-31H,4,13,15H2,1-3H3/t20-,29-/m1/s1. The molecule has 1 aliphatic carbocycles. The molecule has 0 radical (unpaired) electrons. The molecule has 0 unspecified atom stereocenters. The lowest BCUT2D eigenvalue weighted by Gasteiger charge is -2.30. The number of nitro groups is 1. The summed E-state index contributed by atoms with van der Waals surface area (Å²) in [6.07, 6.45) is 0.929. The van der Waals surface area contributed by atoms with E-state index in [4.69, 9.17) is 9.47 Å². The Hall–Kier alpha value is -4.33. The second-order valence-electron chi connectivity index (χ2n) is 9.31. The first kappa shape index (κ1) is 24.4. The van der Waals surface area contributed by atoms with E-state index in [0.717, 1.165) is 22.6 Å². The number of ketones is 1. The van der Waals surface area contributed by atoms with E-state index in [-0.39, 0.29) is 22.3 Å². The van der Waals surface area contributed by atoms with Gasteiger partial charge in [-0.05, 0) is 61.6 Å². The number of Topliss-reactive ketones (excluding diaryl/α,β-unsaturated/α-hetero) is 1. The van der Waals surface area contributed by atoms with E-state index < -0.39 is 6.04 Å². The molecule has 37 heavy (non-hydrogen) atoms.